The molecule has 3 nitrogen and oxygen atoms in total. The molecule has 0 aromatic heterocycles. The van der Waals surface area contributed by atoms with Gasteiger partial charge in [-0.3, -0.25) is 0 Å². The molecule has 1 N–H and O–H groups in total. The van der Waals surface area contributed by atoms with Crippen LogP contribution in [-0.2, 0) is 0 Å². The zero-order chi connectivity index (χ0) is 10.1. The minimum atomic E-state index is -0.925. The minimum Gasteiger partial charge on any atom is -0.489 e. The summed E-state index contributed by atoms with van der Waals surface area (Å²) in [6.45, 7) is 0. The number of aromatic carboxylic acids is 1. The van der Waals surface area contributed by atoms with Crippen LogP contribution in [0.25, 0.3) is 0 Å². The highest BCUT2D eigenvalue weighted by Gasteiger charge is 2.26. The highest BCUT2D eigenvalue weighted by molar-refractivity contribution is 14.1. The van der Waals surface area contributed by atoms with Crippen LogP contribution in [0.4, 0.5) is 0 Å². The van der Waals surface area contributed by atoms with Gasteiger partial charge < -0.3 is 9.84 Å². The Morgan fingerprint density at radius 2 is 2.21 bits per heavy atom. The Balaban J connectivity index is 2.35. The summed E-state index contributed by atoms with van der Waals surface area (Å²) in [5, 5.41) is 8.99. The third kappa shape index (κ3) is 2.00. The van der Waals surface area contributed by atoms with Crippen molar-refractivity contribution in [2.75, 3.05) is 0 Å². The van der Waals surface area contributed by atoms with Gasteiger partial charge in [-0.25, -0.2) is 4.79 Å². The number of carboxylic acids is 1. The van der Waals surface area contributed by atoms with E-state index in [1.54, 1.807) is 12.1 Å². The van der Waals surface area contributed by atoms with E-state index in [2.05, 4.69) is 0 Å². The van der Waals surface area contributed by atoms with E-state index in [4.69, 9.17) is 9.84 Å². The molecule has 0 spiro atoms. The summed E-state index contributed by atoms with van der Waals surface area (Å²) >= 11 is 2.01. The highest BCUT2D eigenvalue weighted by Crippen LogP contribution is 2.31. The summed E-state index contributed by atoms with van der Waals surface area (Å²) in [5.41, 5.74) is 0.278. The SMILES string of the molecule is O=C(O)c1c(I)cccc1OC1CC1. The second-order valence-electron chi connectivity index (χ2n) is 3.24. The molecule has 1 aliphatic rings. The van der Waals surface area contributed by atoms with Crippen molar-refractivity contribution in [2.45, 2.75) is 18.9 Å². The molecule has 0 radical (unpaired) electrons. The molecule has 74 valence electrons. The van der Waals surface area contributed by atoms with Crippen molar-refractivity contribution < 1.29 is 14.6 Å². The lowest BCUT2D eigenvalue weighted by Crippen LogP contribution is -2.06. The molecule has 0 saturated heterocycles. The number of carboxylic acid groups (broad SMARTS) is 1. The standard InChI is InChI=1S/C10H9IO3/c11-7-2-1-3-8(9(7)10(12)13)14-6-4-5-6/h1-3,6H,4-5H2,(H,12,13). The lowest BCUT2D eigenvalue weighted by Gasteiger charge is -2.08. The Morgan fingerprint density at radius 1 is 1.50 bits per heavy atom. The number of benzene rings is 1. The second-order valence-corrected chi connectivity index (χ2v) is 4.40. The van der Waals surface area contributed by atoms with Crippen molar-refractivity contribution in [1.82, 2.24) is 0 Å². The summed E-state index contributed by atoms with van der Waals surface area (Å²) in [4.78, 5) is 11.0. The third-order valence-corrected chi connectivity index (χ3v) is 2.91. The first-order chi connectivity index (χ1) is 6.68. The number of hydrogen-bond donors (Lipinski definition) is 1. The van der Waals surface area contributed by atoms with Crippen LogP contribution in [0.1, 0.15) is 23.2 Å². The minimum absolute atomic E-state index is 0.228. The fourth-order valence-electron chi connectivity index (χ4n) is 1.18. The predicted molar refractivity (Wildman–Crippen MR) is 59.8 cm³/mol. The van der Waals surface area contributed by atoms with Crippen molar-refractivity contribution in [3.05, 3.63) is 27.3 Å². The molecule has 1 fully saturated rings. The van der Waals surface area contributed by atoms with Crippen LogP contribution in [0.15, 0.2) is 18.2 Å². The summed E-state index contributed by atoms with van der Waals surface area (Å²) < 4.78 is 6.23. The summed E-state index contributed by atoms with van der Waals surface area (Å²) in [5.74, 6) is -0.433. The number of hydrogen-bond acceptors (Lipinski definition) is 2. The first-order valence-electron chi connectivity index (χ1n) is 4.37. The van der Waals surface area contributed by atoms with Crippen molar-refractivity contribution in [2.24, 2.45) is 0 Å². The molecule has 1 aliphatic carbocycles. The van der Waals surface area contributed by atoms with Gasteiger partial charge >= 0.3 is 5.97 Å². The molecule has 0 atom stereocenters. The van der Waals surface area contributed by atoms with E-state index >= 15 is 0 Å². The first-order valence-corrected chi connectivity index (χ1v) is 5.45. The van der Waals surface area contributed by atoms with Crippen molar-refractivity contribution >= 4 is 28.6 Å². The van der Waals surface area contributed by atoms with Crippen molar-refractivity contribution in [3.8, 4) is 5.75 Å². The van der Waals surface area contributed by atoms with E-state index in [1.807, 2.05) is 28.7 Å². The van der Waals surface area contributed by atoms with Crippen LogP contribution in [-0.4, -0.2) is 17.2 Å². The lowest BCUT2D eigenvalue weighted by molar-refractivity contribution is 0.0690. The topological polar surface area (TPSA) is 46.5 Å². The monoisotopic (exact) mass is 304 g/mol. The van der Waals surface area contributed by atoms with E-state index < -0.39 is 5.97 Å². The van der Waals surface area contributed by atoms with Crippen LogP contribution in [0.5, 0.6) is 5.75 Å². The van der Waals surface area contributed by atoms with E-state index in [1.165, 1.54) is 0 Å². The number of halogens is 1. The molecular formula is C10H9IO3. The maximum absolute atomic E-state index is 11.0. The van der Waals surface area contributed by atoms with Crippen LogP contribution >= 0.6 is 22.6 Å². The van der Waals surface area contributed by atoms with Crippen LogP contribution < -0.4 is 4.74 Å². The largest absolute Gasteiger partial charge is 0.489 e. The van der Waals surface area contributed by atoms with Gasteiger partial charge in [-0.15, -0.1) is 0 Å². The van der Waals surface area contributed by atoms with Gasteiger partial charge in [-0.05, 0) is 47.6 Å². The van der Waals surface area contributed by atoms with Gasteiger partial charge in [-0.2, -0.15) is 0 Å². The van der Waals surface area contributed by atoms with Crippen LogP contribution in [0, 0.1) is 3.57 Å². The first kappa shape index (κ1) is 9.76. The Hall–Kier alpha value is -0.780. The maximum atomic E-state index is 11.0. The molecule has 0 aliphatic heterocycles. The molecular weight excluding hydrogens is 295 g/mol. The van der Waals surface area contributed by atoms with Gasteiger partial charge in [0.2, 0.25) is 0 Å². The Kier molecular flexibility index (Phi) is 2.62. The quantitative estimate of drug-likeness (QED) is 0.873. The normalized spacial score (nSPS) is 15.2. The van der Waals surface area contributed by atoms with Gasteiger partial charge in [-0.1, -0.05) is 6.07 Å². The van der Waals surface area contributed by atoms with E-state index in [0.717, 1.165) is 12.8 Å². The van der Waals surface area contributed by atoms with Gasteiger partial charge in [0.15, 0.2) is 0 Å². The van der Waals surface area contributed by atoms with E-state index in [0.29, 0.717) is 9.32 Å². The summed E-state index contributed by atoms with van der Waals surface area (Å²) in [7, 11) is 0. The second kappa shape index (κ2) is 3.76. The molecule has 0 unspecified atom stereocenters. The lowest BCUT2D eigenvalue weighted by atomic mass is 10.2. The Morgan fingerprint density at radius 3 is 2.79 bits per heavy atom. The molecule has 0 amide bonds. The fourth-order valence-corrected chi connectivity index (χ4v) is 1.88. The Bertz CT molecular complexity index is 372. The van der Waals surface area contributed by atoms with Gasteiger partial charge in [0.25, 0.3) is 0 Å². The van der Waals surface area contributed by atoms with Crippen molar-refractivity contribution in [3.63, 3.8) is 0 Å². The van der Waals surface area contributed by atoms with Crippen LogP contribution in [0.2, 0.25) is 0 Å². The molecule has 14 heavy (non-hydrogen) atoms. The predicted octanol–water partition coefficient (Wildman–Crippen LogP) is 2.53. The molecule has 0 bridgehead atoms. The average molecular weight is 304 g/mol. The summed E-state index contributed by atoms with van der Waals surface area (Å²) in [6, 6.07) is 5.29. The van der Waals surface area contributed by atoms with Crippen LogP contribution in [0.3, 0.4) is 0 Å². The highest BCUT2D eigenvalue weighted by atomic mass is 127. The van der Waals surface area contributed by atoms with Gasteiger partial charge in [0.05, 0.1) is 6.10 Å². The van der Waals surface area contributed by atoms with Gasteiger partial charge in [0, 0.05) is 3.57 Å². The molecule has 0 heterocycles. The zero-order valence-electron chi connectivity index (χ0n) is 7.37. The third-order valence-electron chi connectivity index (χ3n) is 2.01. The number of rotatable bonds is 3. The molecule has 4 heteroatoms. The fraction of sp³-hybridized carbons (Fsp3) is 0.300. The van der Waals surface area contributed by atoms with Crippen molar-refractivity contribution in [1.29, 1.82) is 0 Å². The van der Waals surface area contributed by atoms with E-state index in [-0.39, 0.29) is 11.7 Å². The molecule has 1 saturated carbocycles. The Labute approximate surface area is 95.2 Å². The molecule has 1 aromatic rings. The summed E-state index contributed by atoms with van der Waals surface area (Å²) in [6.07, 6.45) is 2.29. The zero-order valence-corrected chi connectivity index (χ0v) is 9.52. The molecule has 1 aromatic carbocycles. The smallest absolute Gasteiger partial charge is 0.340 e. The number of carbonyl (C=O) groups is 1. The van der Waals surface area contributed by atoms with Gasteiger partial charge in [0.1, 0.15) is 11.3 Å². The average Bonchev–Trinajstić information content (AvgIpc) is 2.87. The van der Waals surface area contributed by atoms with E-state index in [9.17, 15) is 4.79 Å². The molecule has 2 rings (SSSR count). The maximum Gasteiger partial charge on any atom is 0.340 e. The number of ether oxygens (including phenoxy) is 1.